The molecule has 2 aromatic rings. The zero-order valence-electron chi connectivity index (χ0n) is 15.7. The topological polar surface area (TPSA) is 83.8 Å². The minimum atomic E-state index is -0.378. The van der Waals surface area contributed by atoms with E-state index in [1.807, 2.05) is 11.6 Å². The molecular formula is C18H25N5O3S. The number of rotatable bonds is 4. The van der Waals surface area contributed by atoms with Gasteiger partial charge in [-0.15, -0.1) is 11.3 Å². The van der Waals surface area contributed by atoms with E-state index in [2.05, 4.69) is 24.8 Å². The molecule has 2 saturated heterocycles. The van der Waals surface area contributed by atoms with Crippen molar-refractivity contribution in [3.05, 3.63) is 17.6 Å². The third-order valence-electron chi connectivity index (χ3n) is 5.52. The fraction of sp³-hybridized carbons (Fsp3) is 0.611. The minimum Gasteiger partial charge on any atom is -0.481 e. The van der Waals surface area contributed by atoms with Gasteiger partial charge in [-0.05, 0) is 24.7 Å². The summed E-state index contributed by atoms with van der Waals surface area (Å²) in [4.78, 5) is 17.6. The predicted octanol–water partition coefficient (Wildman–Crippen LogP) is 1.81. The van der Waals surface area contributed by atoms with Crippen molar-refractivity contribution in [1.29, 1.82) is 0 Å². The molecule has 1 unspecified atom stereocenters. The number of β-amino-alcohol motifs (C(OH)–C–C–N with tert-alkyl or cyclic N) is 1. The van der Waals surface area contributed by atoms with Crippen LogP contribution in [0.1, 0.15) is 19.3 Å². The predicted molar refractivity (Wildman–Crippen MR) is 104 cm³/mol. The molecule has 1 atom stereocenters. The lowest BCUT2D eigenvalue weighted by molar-refractivity contribution is 0.0594. The number of aliphatic hydroxyl groups excluding tert-OH is 1. The molecule has 0 saturated carbocycles. The van der Waals surface area contributed by atoms with Crippen molar-refractivity contribution >= 4 is 22.3 Å². The summed E-state index contributed by atoms with van der Waals surface area (Å²) in [5.74, 6) is 1.20. The van der Waals surface area contributed by atoms with Gasteiger partial charge in [0.25, 0.3) is 0 Å². The molecule has 1 spiro atoms. The van der Waals surface area contributed by atoms with E-state index in [0.29, 0.717) is 12.4 Å². The Labute approximate surface area is 162 Å². The average molecular weight is 391 g/mol. The highest BCUT2D eigenvalue weighted by molar-refractivity contribution is 7.13. The highest BCUT2D eigenvalue weighted by Crippen LogP contribution is 2.42. The summed E-state index contributed by atoms with van der Waals surface area (Å²) in [6.45, 7) is 3.34. The molecular weight excluding hydrogens is 366 g/mol. The first kappa shape index (κ1) is 18.2. The molecule has 27 heavy (non-hydrogen) atoms. The Bertz CT molecular complexity index is 742. The first-order chi connectivity index (χ1) is 13.1. The summed E-state index contributed by atoms with van der Waals surface area (Å²) in [6.07, 6.45) is 4.36. The highest BCUT2D eigenvalue weighted by Gasteiger charge is 2.42. The van der Waals surface area contributed by atoms with Gasteiger partial charge in [0.15, 0.2) is 5.13 Å². The summed E-state index contributed by atoms with van der Waals surface area (Å²) in [7, 11) is 3.12. The molecule has 2 aliphatic rings. The molecule has 4 heterocycles. The fourth-order valence-corrected chi connectivity index (χ4v) is 4.88. The van der Waals surface area contributed by atoms with Crippen molar-refractivity contribution in [1.82, 2.24) is 15.0 Å². The Hall–Kier alpha value is -2.13. The van der Waals surface area contributed by atoms with Gasteiger partial charge in [-0.1, -0.05) is 0 Å². The molecule has 4 rings (SSSR count). The monoisotopic (exact) mass is 391 g/mol. The van der Waals surface area contributed by atoms with Crippen LogP contribution in [0.15, 0.2) is 17.6 Å². The molecule has 0 radical (unpaired) electrons. The number of nitrogens with zero attached hydrogens (tertiary/aromatic N) is 5. The van der Waals surface area contributed by atoms with E-state index in [9.17, 15) is 5.11 Å². The Balaban J connectivity index is 1.52. The second-order valence-corrected chi connectivity index (χ2v) is 8.17. The van der Waals surface area contributed by atoms with Crippen molar-refractivity contribution in [3.63, 3.8) is 0 Å². The quantitative estimate of drug-likeness (QED) is 0.845. The summed E-state index contributed by atoms with van der Waals surface area (Å²) in [5, 5.41) is 13.7. The molecule has 0 amide bonds. The number of piperidine rings is 2. The molecule has 2 fully saturated rings. The van der Waals surface area contributed by atoms with E-state index in [4.69, 9.17) is 9.47 Å². The van der Waals surface area contributed by atoms with Crippen LogP contribution in [0.3, 0.4) is 0 Å². The van der Waals surface area contributed by atoms with Crippen LogP contribution < -0.4 is 19.3 Å². The van der Waals surface area contributed by atoms with Crippen LogP contribution in [-0.4, -0.2) is 66.6 Å². The number of hydrogen-bond acceptors (Lipinski definition) is 9. The minimum absolute atomic E-state index is 0.0802. The third-order valence-corrected chi connectivity index (χ3v) is 6.36. The number of hydrogen-bond donors (Lipinski definition) is 1. The Morgan fingerprint density at radius 3 is 2.67 bits per heavy atom. The zero-order chi connectivity index (χ0) is 18.9. The van der Waals surface area contributed by atoms with E-state index in [1.165, 1.54) is 0 Å². The van der Waals surface area contributed by atoms with E-state index in [-0.39, 0.29) is 17.5 Å². The first-order valence-corrected chi connectivity index (χ1v) is 10.0. The Kier molecular flexibility index (Phi) is 5.05. The molecule has 9 heteroatoms. The summed E-state index contributed by atoms with van der Waals surface area (Å²) in [5.41, 5.74) is 0.0802. The largest absolute Gasteiger partial charge is 0.481 e. The highest BCUT2D eigenvalue weighted by atomic mass is 32.1. The SMILES string of the molecule is COc1cc(N2CC(O)CC3(CCN(c4nccs4)CC3)C2)nc(OC)n1. The fourth-order valence-electron chi connectivity index (χ4n) is 4.18. The number of aliphatic hydroxyl groups is 1. The lowest BCUT2D eigenvalue weighted by atomic mass is 9.71. The van der Waals surface area contributed by atoms with Gasteiger partial charge in [0.05, 0.1) is 20.3 Å². The van der Waals surface area contributed by atoms with Gasteiger partial charge in [0, 0.05) is 43.8 Å². The molecule has 1 N–H and O–H groups in total. The van der Waals surface area contributed by atoms with Crippen LogP contribution in [0.4, 0.5) is 10.9 Å². The van der Waals surface area contributed by atoms with E-state index in [0.717, 1.165) is 49.8 Å². The van der Waals surface area contributed by atoms with E-state index >= 15 is 0 Å². The summed E-state index contributed by atoms with van der Waals surface area (Å²) < 4.78 is 10.5. The van der Waals surface area contributed by atoms with Crippen LogP contribution in [0.2, 0.25) is 0 Å². The standard InChI is InChI=1S/C18H25N5O3S/c1-25-15-9-14(20-16(21-15)26-2)23-11-13(24)10-18(12-23)3-6-22(7-4-18)17-19-5-8-27-17/h5,8-9,13,24H,3-4,6-7,10-12H2,1-2H3. The maximum absolute atomic E-state index is 10.6. The number of anilines is 2. The van der Waals surface area contributed by atoms with Gasteiger partial charge in [0.1, 0.15) is 5.82 Å². The normalized spacial score (nSPS) is 22.1. The van der Waals surface area contributed by atoms with E-state index in [1.54, 1.807) is 31.6 Å². The molecule has 8 nitrogen and oxygen atoms in total. The average Bonchev–Trinajstić information content (AvgIpc) is 3.22. The van der Waals surface area contributed by atoms with Crippen LogP contribution in [0.25, 0.3) is 0 Å². The number of methoxy groups -OCH3 is 2. The molecule has 2 aromatic heterocycles. The van der Waals surface area contributed by atoms with Crippen molar-refractivity contribution < 1.29 is 14.6 Å². The second-order valence-electron chi connectivity index (χ2n) is 7.30. The van der Waals surface area contributed by atoms with Gasteiger partial charge in [0.2, 0.25) is 5.88 Å². The van der Waals surface area contributed by atoms with Gasteiger partial charge in [-0.3, -0.25) is 0 Å². The van der Waals surface area contributed by atoms with Crippen molar-refractivity contribution in [2.75, 3.05) is 50.2 Å². The number of ether oxygens (including phenoxy) is 2. The van der Waals surface area contributed by atoms with E-state index < -0.39 is 0 Å². The van der Waals surface area contributed by atoms with Gasteiger partial charge >= 0.3 is 6.01 Å². The third kappa shape index (κ3) is 3.79. The van der Waals surface area contributed by atoms with Gasteiger partial charge in [-0.25, -0.2) is 4.98 Å². The molecule has 2 aliphatic heterocycles. The lowest BCUT2D eigenvalue weighted by Gasteiger charge is -2.49. The molecule has 0 aliphatic carbocycles. The zero-order valence-corrected chi connectivity index (χ0v) is 16.5. The molecule has 0 bridgehead atoms. The van der Waals surface area contributed by atoms with Crippen molar-refractivity contribution in [2.45, 2.75) is 25.4 Å². The first-order valence-electron chi connectivity index (χ1n) is 9.15. The van der Waals surface area contributed by atoms with Gasteiger partial charge < -0.3 is 24.4 Å². The summed E-state index contributed by atoms with van der Waals surface area (Å²) >= 11 is 1.68. The van der Waals surface area contributed by atoms with Crippen LogP contribution in [0, 0.1) is 5.41 Å². The van der Waals surface area contributed by atoms with Crippen LogP contribution in [-0.2, 0) is 0 Å². The number of thiazole rings is 1. The van der Waals surface area contributed by atoms with Crippen LogP contribution in [0.5, 0.6) is 11.9 Å². The molecule has 146 valence electrons. The van der Waals surface area contributed by atoms with Crippen molar-refractivity contribution in [2.24, 2.45) is 5.41 Å². The Morgan fingerprint density at radius 1 is 1.19 bits per heavy atom. The Morgan fingerprint density at radius 2 is 2.00 bits per heavy atom. The van der Waals surface area contributed by atoms with Gasteiger partial charge in [-0.2, -0.15) is 9.97 Å². The maximum Gasteiger partial charge on any atom is 0.321 e. The second kappa shape index (κ2) is 7.47. The maximum atomic E-state index is 10.6. The smallest absolute Gasteiger partial charge is 0.321 e. The summed E-state index contributed by atoms with van der Waals surface area (Å²) in [6, 6.07) is 2.08. The lowest BCUT2D eigenvalue weighted by Crippen LogP contribution is -2.54. The van der Waals surface area contributed by atoms with Crippen molar-refractivity contribution in [3.8, 4) is 11.9 Å². The number of aromatic nitrogens is 3. The molecule has 0 aromatic carbocycles. The van der Waals surface area contributed by atoms with Crippen LogP contribution >= 0.6 is 11.3 Å².